The van der Waals surface area contributed by atoms with Crippen molar-refractivity contribution in [2.24, 2.45) is 0 Å². The summed E-state index contributed by atoms with van der Waals surface area (Å²) in [5.41, 5.74) is -0.304. The van der Waals surface area contributed by atoms with Crippen LogP contribution < -0.4 is 5.32 Å². The van der Waals surface area contributed by atoms with Crippen molar-refractivity contribution >= 4 is 11.8 Å². The molecule has 3 saturated heterocycles. The summed E-state index contributed by atoms with van der Waals surface area (Å²) in [6.07, 6.45) is 3.00. The van der Waals surface area contributed by atoms with Crippen LogP contribution in [0.2, 0.25) is 0 Å². The Bertz CT molecular complexity index is 438. The van der Waals surface area contributed by atoms with E-state index in [1.54, 1.807) is 7.05 Å². The Morgan fingerprint density at radius 2 is 2.32 bits per heavy atom. The summed E-state index contributed by atoms with van der Waals surface area (Å²) in [6.45, 7) is 2.53. The molecule has 7 nitrogen and oxygen atoms in total. The topological polar surface area (TPSA) is 77.1 Å². The lowest BCUT2D eigenvalue weighted by molar-refractivity contribution is -0.140. The summed E-state index contributed by atoms with van der Waals surface area (Å²) in [6, 6.07) is 0. The van der Waals surface area contributed by atoms with Gasteiger partial charge >= 0.3 is 0 Å². The zero-order valence-electron chi connectivity index (χ0n) is 13.0. The van der Waals surface area contributed by atoms with Crippen molar-refractivity contribution in [3.63, 3.8) is 0 Å². The molecule has 2 amide bonds. The van der Waals surface area contributed by atoms with Crippen LogP contribution in [0, 0.1) is 0 Å². The molecular formula is C15H24N2O5. The average Bonchev–Trinajstić information content (AvgIpc) is 3.26. The zero-order chi connectivity index (χ0) is 15.6. The van der Waals surface area contributed by atoms with Crippen LogP contribution in [0.3, 0.4) is 0 Å². The van der Waals surface area contributed by atoms with E-state index in [0.29, 0.717) is 26.3 Å². The molecule has 0 aromatic rings. The van der Waals surface area contributed by atoms with Crippen LogP contribution in [0.15, 0.2) is 0 Å². The number of hydrogen-bond acceptors (Lipinski definition) is 5. The Kier molecular flexibility index (Phi) is 4.65. The van der Waals surface area contributed by atoms with Crippen LogP contribution in [-0.2, 0) is 23.8 Å². The second-order valence-corrected chi connectivity index (χ2v) is 6.32. The molecule has 124 valence electrons. The van der Waals surface area contributed by atoms with E-state index in [9.17, 15) is 9.59 Å². The SMILES string of the molecule is CNC(=O)CO[C@@H]1CO[C@]2(CCN(C(=O)[C@H]3CCCO3)C2)C1. The second kappa shape index (κ2) is 6.52. The Labute approximate surface area is 130 Å². The number of likely N-dealkylation sites (N-methyl/N-ethyl adjacent to an activating group) is 1. The maximum atomic E-state index is 12.4. The molecule has 0 aliphatic carbocycles. The molecule has 3 fully saturated rings. The fourth-order valence-electron chi connectivity index (χ4n) is 3.47. The molecule has 0 unspecified atom stereocenters. The van der Waals surface area contributed by atoms with Crippen LogP contribution in [0.25, 0.3) is 0 Å². The first-order valence-electron chi connectivity index (χ1n) is 7.98. The molecule has 3 aliphatic rings. The zero-order valence-corrected chi connectivity index (χ0v) is 13.0. The molecule has 0 aromatic carbocycles. The van der Waals surface area contributed by atoms with Gasteiger partial charge in [0.15, 0.2) is 0 Å². The minimum Gasteiger partial charge on any atom is -0.370 e. The van der Waals surface area contributed by atoms with E-state index >= 15 is 0 Å². The van der Waals surface area contributed by atoms with Crippen molar-refractivity contribution < 1.29 is 23.8 Å². The monoisotopic (exact) mass is 312 g/mol. The Morgan fingerprint density at radius 3 is 3.05 bits per heavy atom. The van der Waals surface area contributed by atoms with Crippen LogP contribution in [0.5, 0.6) is 0 Å². The van der Waals surface area contributed by atoms with Gasteiger partial charge in [0, 0.05) is 33.2 Å². The minimum absolute atomic E-state index is 0.0547. The van der Waals surface area contributed by atoms with Gasteiger partial charge in [0.1, 0.15) is 12.7 Å². The first kappa shape index (κ1) is 15.7. The standard InChI is InChI=1S/C15H24N2O5/c1-16-13(18)9-21-11-7-15(22-8-11)4-5-17(10-15)14(19)12-3-2-6-20-12/h11-12H,2-10H2,1H3,(H,16,18)/t11-,12+,15+/m0/s1. The van der Waals surface area contributed by atoms with E-state index in [1.165, 1.54) is 0 Å². The van der Waals surface area contributed by atoms with Gasteiger partial charge < -0.3 is 24.4 Å². The van der Waals surface area contributed by atoms with Crippen LogP contribution >= 0.6 is 0 Å². The van der Waals surface area contributed by atoms with E-state index in [1.807, 2.05) is 4.90 Å². The van der Waals surface area contributed by atoms with E-state index in [-0.39, 0.29) is 36.2 Å². The van der Waals surface area contributed by atoms with Crippen LogP contribution in [-0.4, -0.2) is 74.5 Å². The van der Waals surface area contributed by atoms with Crippen molar-refractivity contribution in [3.05, 3.63) is 0 Å². The van der Waals surface area contributed by atoms with E-state index in [4.69, 9.17) is 14.2 Å². The van der Waals surface area contributed by atoms with Gasteiger partial charge in [0.2, 0.25) is 5.91 Å². The van der Waals surface area contributed by atoms with Crippen molar-refractivity contribution in [2.45, 2.75) is 43.5 Å². The molecule has 3 heterocycles. The number of ether oxygens (including phenoxy) is 3. The number of nitrogens with one attached hydrogen (secondary N) is 1. The molecule has 3 rings (SSSR count). The molecule has 3 aliphatic heterocycles. The van der Waals surface area contributed by atoms with E-state index < -0.39 is 0 Å². The fraction of sp³-hybridized carbons (Fsp3) is 0.867. The van der Waals surface area contributed by atoms with E-state index in [2.05, 4.69) is 5.32 Å². The van der Waals surface area contributed by atoms with Gasteiger partial charge in [0.25, 0.3) is 5.91 Å². The summed E-state index contributed by atoms with van der Waals surface area (Å²) in [4.78, 5) is 25.5. The lowest BCUT2D eigenvalue weighted by Gasteiger charge is -2.24. The summed E-state index contributed by atoms with van der Waals surface area (Å²) >= 11 is 0. The molecule has 0 saturated carbocycles. The Balaban J connectivity index is 1.49. The quantitative estimate of drug-likeness (QED) is 0.770. The maximum absolute atomic E-state index is 12.4. The third-order valence-corrected chi connectivity index (χ3v) is 4.74. The van der Waals surface area contributed by atoms with Gasteiger partial charge in [-0.25, -0.2) is 0 Å². The molecule has 1 N–H and O–H groups in total. The van der Waals surface area contributed by atoms with Crippen molar-refractivity contribution in [3.8, 4) is 0 Å². The molecule has 22 heavy (non-hydrogen) atoms. The van der Waals surface area contributed by atoms with Crippen molar-refractivity contribution in [2.75, 3.05) is 40.0 Å². The fourth-order valence-corrected chi connectivity index (χ4v) is 3.47. The largest absolute Gasteiger partial charge is 0.370 e. The predicted molar refractivity (Wildman–Crippen MR) is 77.3 cm³/mol. The highest BCUT2D eigenvalue weighted by molar-refractivity contribution is 5.81. The number of likely N-dealkylation sites (tertiary alicyclic amines) is 1. The lowest BCUT2D eigenvalue weighted by atomic mass is 9.98. The molecule has 0 bridgehead atoms. The number of carbonyl (C=O) groups excluding carboxylic acids is 2. The Hall–Kier alpha value is -1.18. The first-order valence-corrected chi connectivity index (χ1v) is 7.98. The molecule has 7 heteroatoms. The molecule has 0 radical (unpaired) electrons. The highest BCUT2D eigenvalue weighted by Crippen LogP contribution is 2.36. The van der Waals surface area contributed by atoms with E-state index in [0.717, 1.165) is 25.7 Å². The normalized spacial score (nSPS) is 34.5. The highest BCUT2D eigenvalue weighted by Gasteiger charge is 2.48. The maximum Gasteiger partial charge on any atom is 0.251 e. The highest BCUT2D eigenvalue weighted by atomic mass is 16.6. The van der Waals surface area contributed by atoms with Gasteiger partial charge in [-0.15, -0.1) is 0 Å². The molecule has 3 atom stereocenters. The number of carbonyl (C=O) groups is 2. The lowest BCUT2D eigenvalue weighted by Crippen LogP contribution is -2.40. The smallest absolute Gasteiger partial charge is 0.251 e. The van der Waals surface area contributed by atoms with Crippen LogP contribution in [0.4, 0.5) is 0 Å². The van der Waals surface area contributed by atoms with Gasteiger partial charge in [-0.05, 0) is 19.3 Å². The van der Waals surface area contributed by atoms with Crippen molar-refractivity contribution in [1.29, 1.82) is 0 Å². The summed E-state index contributed by atoms with van der Waals surface area (Å²) in [5.74, 6) is -0.0461. The van der Waals surface area contributed by atoms with Crippen LogP contribution in [0.1, 0.15) is 25.7 Å². The summed E-state index contributed by atoms with van der Waals surface area (Å²) in [7, 11) is 1.59. The Morgan fingerprint density at radius 1 is 1.45 bits per heavy atom. The number of nitrogens with zero attached hydrogens (tertiary/aromatic N) is 1. The number of rotatable bonds is 4. The molecule has 0 aromatic heterocycles. The first-order chi connectivity index (χ1) is 10.6. The summed E-state index contributed by atoms with van der Waals surface area (Å²) < 4.78 is 17.0. The van der Waals surface area contributed by atoms with Crippen molar-refractivity contribution in [1.82, 2.24) is 10.2 Å². The van der Waals surface area contributed by atoms with Gasteiger partial charge in [-0.1, -0.05) is 0 Å². The second-order valence-electron chi connectivity index (χ2n) is 6.32. The summed E-state index contributed by atoms with van der Waals surface area (Å²) in [5, 5.41) is 2.53. The van der Waals surface area contributed by atoms with Gasteiger partial charge in [0.05, 0.1) is 18.3 Å². The third-order valence-electron chi connectivity index (χ3n) is 4.74. The average molecular weight is 312 g/mol. The van der Waals surface area contributed by atoms with Gasteiger partial charge in [-0.3, -0.25) is 9.59 Å². The number of amides is 2. The predicted octanol–water partition coefficient (Wildman–Crippen LogP) is -0.312. The molecule has 1 spiro atoms. The molecular weight excluding hydrogens is 288 g/mol. The number of hydrogen-bond donors (Lipinski definition) is 1. The van der Waals surface area contributed by atoms with Gasteiger partial charge in [-0.2, -0.15) is 0 Å². The third kappa shape index (κ3) is 3.26. The minimum atomic E-state index is -0.304.